The molecule has 1 atom stereocenters. The number of nitrogens with zero attached hydrogens (tertiary/aromatic N) is 1. The summed E-state index contributed by atoms with van der Waals surface area (Å²) in [5, 5.41) is 15.1. The lowest BCUT2D eigenvalue weighted by Gasteiger charge is -2.30. The van der Waals surface area contributed by atoms with Gasteiger partial charge in [-0.3, -0.25) is 4.90 Å². The molecule has 0 radical (unpaired) electrons. The summed E-state index contributed by atoms with van der Waals surface area (Å²) in [4.78, 5) is 14.3. The summed E-state index contributed by atoms with van der Waals surface area (Å²) in [6, 6.07) is 8.27. The lowest BCUT2D eigenvalue weighted by molar-refractivity contribution is 0.160. The van der Waals surface area contributed by atoms with Gasteiger partial charge < -0.3 is 15.7 Å². The Morgan fingerprint density at radius 3 is 2.72 bits per heavy atom. The number of rotatable bonds is 8. The molecule has 1 aromatic carbocycles. The lowest BCUT2D eigenvalue weighted by atomic mass is 9.98. The first kappa shape index (κ1) is 19.7. The minimum atomic E-state index is -0.338. The highest BCUT2D eigenvalue weighted by Gasteiger charge is 2.15. The minimum absolute atomic E-state index is 0.182. The topological polar surface area (TPSA) is 64.6 Å². The van der Waals surface area contributed by atoms with Crippen LogP contribution < -0.4 is 10.6 Å². The van der Waals surface area contributed by atoms with Gasteiger partial charge in [0.05, 0.1) is 6.10 Å². The number of amides is 2. The lowest BCUT2D eigenvalue weighted by Crippen LogP contribution is -2.36. The average Bonchev–Trinajstić information content (AvgIpc) is 2.62. The Morgan fingerprint density at radius 2 is 2.00 bits per heavy atom. The minimum Gasteiger partial charge on any atom is -0.393 e. The average molecular weight is 348 g/mol. The van der Waals surface area contributed by atoms with Crippen LogP contribution in [-0.4, -0.2) is 41.8 Å². The quantitative estimate of drug-likeness (QED) is 0.677. The van der Waals surface area contributed by atoms with Gasteiger partial charge in [0.25, 0.3) is 0 Å². The Bertz CT molecular complexity index is 527. The Morgan fingerprint density at radius 1 is 1.28 bits per heavy atom. The molecule has 1 fully saturated rings. The van der Waals surface area contributed by atoms with E-state index in [1.54, 1.807) is 0 Å². The third kappa shape index (κ3) is 7.45. The van der Waals surface area contributed by atoms with Gasteiger partial charge in [-0.15, -0.1) is 0 Å². The number of nitrogens with one attached hydrogen (secondary N) is 2. The van der Waals surface area contributed by atoms with Crippen LogP contribution >= 0.6 is 0 Å². The predicted molar refractivity (Wildman–Crippen MR) is 101 cm³/mol. The van der Waals surface area contributed by atoms with Crippen LogP contribution in [0.2, 0.25) is 0 Å². The molecule has 3 N–H and O–H groups in total. The van der Waals surface area contributed by atoms with E-state index in [1.807, 2.05) is 13.0 Å². The predicted octanol–water partition coefficient (Wildman–Crippen LogP) is 2.88. The van der Waals surface area contributed by atoms with Gasteiger partial charge >= 0.3 is 6.03 Å². The zero-order valence-electron chi connectivity index (χ0n) is 15.6. The highest BCUT2D eigenvalue weighted by Crippen LogP contribution is 2.18. The van der Waals surface area contributed by atoms with Gasteiger partial charge in [0.1, 0.15) is 0 Å². The summed E-state index contributed by atoms with van der Waals surface area (Å²) in [6.07, 6.45) is 3.54. The number of benzene rings is 1. The molecular formula is C20H33N3O2. The van der Waals surface area contributed by atoms with E-state index in [1.165, 1.54) is 31.5 Å². The third-order valence-corrected chi connectivity index (χ3v) is 4.96. The molecule has 0 aromatic heterocycles. The fourth-order valence-corrected chi connectivity index (χ4v) is 3.12. The van der Waals surface area contributed by atoms with Crippen molar-refractivity contribution < 1.29 is 9.90 Å². The highest BCUT2D eigenvalue weighted by atomic mass is 16.3. The molecule has 0 bridgehead atoms. The molecule has 1 aliphatic rings. The number of likely N-dealkylation sites (tertiary alicyclic amines) is 1. The molecule has 2 rings (SSSR count). The summed E-state index contributed by atoms with van der Waals surface area (Å²) in [5.74, 6) is 0.851. The fraction of sp³-hybridized carbons (Fsp3) is 0.650. The molecule has 1 aromatic rings. The number of hydrogen-bond acceptors (Lipinski definition) is 3. The second-order valence-corrected chi connectivity index (χ2v) is 7.24. The van der Waals surface area contributed by atoms with Crippen molar-refractivity contribution in [2.75, 3.05) is 19.6 Å². The van der Waals surface area contributed by atoms with E-state index in [0.29, 0.717) is 25.9 Å². The summed E-state index contributed by atoms with van der Waals surface area (Å²) in [7, 11) is 0. The standard InChI is InChI=1S/C20H33N3O2/c1-3-19(24)7-10-21-20(25)22-14-17-5-4-6-18(13-17)15-23-11-8-16(2)9-12-23/h4-6,13,16,19,24H,3,7-12,14-15H2,1-2H3,(H2,21,22,25). The van der Waals surface area contributed by atoms with Crippen molar-refractivity contribution in [1.29, 1.82) is 0 Å². The maximum Gasteiger partial charge on any atom is 0.315 e. The molecule has 0 saturated carbocycles. The van der Waals surface area contributed by atoms with Crippen LogP contribution in [0, 0.1) is 5.92 Å². The molecule has 1 aliphatic heterocycles. The van der Waals surface area contributed by atoms with Crippen LogP contribution in [0.25, 0.3) is 0 Å². The van der Waals surface area contributed by atoms with Crippen molar-refractivity contribution in [3.63, 3.8) is 0 Å². The van der Waals surface area contributed by atoms with Crippen molar-refractivity contribution in [2.24, 2.45) is 5.92 Å². The van der Waals surface area contributed by atoms with Crippen molar-refractivity contribution >= 4 is 6.03 Å². The van der Waals surface area contributed by atoms with E-state index in [4.69, 9.17) is 0 Å². The van der Waals surface area contributed by atoms with Gasteiger partial charge in [-0.05, 0) is 55.8 Å². The Balaban J connectivity index is 1.72. The number of carbonyl (C=O) groups is 1. The van der Waals surface area contributed by atoms with Crippen molar-refractivity contribution in [2.45, 2.75) is 58.7 Å². The van der Waals surface area contributed by atoms with E-state index in [-0.39, 0.29) is 12.1 Å². The summed E-state index contributed by atoms with van der Waals surface area (Å²) >= 11 is 0. The first-order valence-corrected chi connectivity index (χ1v) is 9.56. The van der Waals surface area contributed by atoms with Crippen LogP contribution in [0.1, 0.15) is 50.7 Å². The Hall–Kier alpha value is -1.59. The molecule has 1 saturated heterocycles. The highest BCUT2D eigenvalue weighted by molar-refractivity contribution is 5.73. The summed E-state index contributed by atoms with van der Waals surface area (Å²) in [6.45, 7) is 8.62. The second-order valence-electron chi connectivity index (χ2n) is 7.24. The molecule has 25 heavy (non-hydrogen) atoms. The van der Waals surface area contributed by atoms with Crippen LogP contribution in [0.5, 0.6) is 0 Å². The maximum atomic E-state index is 11.8. The van der Waals surface area contributed by atoms with E-state index < -0.39 is 0 Å². The smallest absolute Gasteiger partial charge is 0.315 e. The van der Waals surface area contributed by atoms with E-state index >= 15 is 0 Å². The monoisotopic (exact) mass is 347 g/mol. The Kier molecular flexibility index (Phi) is 8.22. The largest absolute Gasteiger partial charge is 0.393 e. The van der Waals surface area contributed by atoms with Crippen LogP contribution in [-0.2, 0) is 13.1 Å². The molecule has 0 aliphatic carbocycles. The van der Waals surface area contributed by atoms with Gasteiger partial charge in [-0.25, -0.2) is 4.79 Å². The SMILES string of the molecule is CCC(O)CCNC(=O)NCc1cccc(CN2CCC(C)CC2)c1. The molecule has 5 heteroatoms. The molecule has 5 nitrogen and oxygen atoms in total. The van der Waals surface area contributed by atoms with Gasteiger partial charge in [0, 0.05) is 19.6 Å². The fourth-order valence-electron chi connectivity index (χ4n) is 3.12. The maximum absolute atomic E-state index is 11.8. The van der Waals surface area contributed by atoms with Gasteiger partial charge in [-0.1, -0.05) is 38.1 Å². The number of carbonyl (C=O) groups excluding carboxylic acids is 1. The third-order valence-electron chi connectivity index (χ3n) is 4.96. The number of urea groups is 1. The Labute approximate surface area is 151 Å². The summed E-state index contributed by atoms with van der Waals surface area (Å²) in [5.41, 5.74) is 2.42. The van der Waals surface area contributed by atoms with Crippen LogP contribution in [0.4, 0.5) is 4.79 Å². The van der Waals surface area contributed by atoms with Crippen LogP contribution in [0.15, 0.2) is 24.3 Å². The van der Waals surface area contributed by atoms with E-state index in [2.05, 4.69) is 40.7 Å². The van der Waals surface area contributed by atoms with Crippen molar-refractivity contribution in [3.8, 4) is 0 Å². The molecule has 1 heterocycles. The van der Waals surface area contributed by atoms with E-state index in [0.717, 1.165) is 18.0 Å². The number of aliphatic hydroxyl groups is 1. The molecule has 2 amide bonds. The molecule has 0 spiro atoms. The zero-order valence-corrected chi connectivity index (χ0v) is 15.6. The summed E-state index contributed by atoms with van der Waals surface area (Å²) < 4.78 is 0. The zero-order chi connectivity index (χ0) is 18.1. The first-order chi connectivity index (χ1) is 12.1. The number of hydrogen-bond donors (Lipinski definition) is 3. The molecular weight excluding hydrogens is 314 g/mol. The van der Waals surface area contributed by atoms with Gasteiger partial charge in [0.15, 0.2) is 0 Å². The van der Waals surface area contributed by atoms with Crippen LogP contribution in [0.3, 0.4) is 0 Å². The molecule has 1 unspecified atom stereocenters. The van der Waals surface area contributed by atoms with Crippen molar-refractivity contribution in [3.05, 3.63) is 35.4 Å². The normalized spacial score (nSPS) is 17.2. The van der Waals surface area contributed by atoms with Crippen molar-refractivity contribution in [1.82, 2.24) is 15.5 Å². The van der Waals surface area contributed by atoms with E-state index in [9.17, 15) is 9.90 Å². The second kappa shape index (κ2) is 10.4. The van der Waals surface area contributed by atoms with Gasteiger partial charge in [-0.2, -0.15) is 0 Å². The molecule has 140 valence electrons. The number of aliphatic hydroxyl groups excluding tert-OH is 1. The first-order valence-electron chi connectivity index (χ1n) is 9.56. The van der Waals surface area contributed by atoms with Gasteiger partial charge in [0.2, 0.25) is 0 Å². The number of piperidine rings is 1.